The number of hydrogen-bond acceptors (Lipinski definition) is 7. The number of esters is 1. The lowest BCUT2D eigenvalue weighted by Gasteiger charge is -2.23. The van der Waals surface area contributed by atoms with Crippen molar-refractivity contribution in [3.05, 3.63) is 95.2 Å². The van der Waals surface area contributed by atoms with Gasteiger partial charge in [0.2, 0.25) is 0 Å². The van der Waals surface area contributed by atoms with Crippen LogP contribution in [0, 0.1) is 6.92 Å². The third kappa shape index (κ3) is 5.83. The van der Waals surface area contributed by atoms with Crippen molar-refractivity contribution in [2.24, 2.45) is 0 Å². The van der Waals surface area contributed by atoms with E-state index in [1.165, 1.54) is 24.3 Å². The number of anilines is 2. The summed E-state index contributed by atoms with van der Waals surface area (Å²) in [6, 6.07) is 18.6. The molecular weight excluding hydrogens is 516 g/mol. The minimum Gasteiger partial charge on any atom is -0.494 e. The summed E-state index contributed by atoms with van der Waals surface area (Å²) in [5, 5.41) is 0. The summed E-state index contributed by atoms with van der Waals surface area (Å²) in [4.78, 5) is 27.5. The van der Waals surface area contributed by atoms with E-state index in [9.17, 15) is 18.0 Å². The molecule has 1 N–H and O–H groups in total. The zero-order chi connectivity index (χ0) is 28.4. The third-order valence-corrected chi connectivity index (χ3v) is 8.12. The van der Waals surface area contributed by atoms with Crippen molar-refractivity contribution in [3.63, 3.8) is 0 Å². The molecule has 3 aromatic rings. The number of hydrogen-bond donors (Lipinski definition) is 1. The fourth-order valence-electron chi connectivity index (χ4n) is 4.66. The highest BCUT2D eigenvalue weighted by atomic mass is 32.2. The van der Waals surface area contributed by atoms with Crippen LogP contribution in [0.2, 0.25) is 0 Å². The molecule has 0 amide bonds. The highest BCUT2D eigenvalue weighted by molar-refractivity contribution is 7.92. The summed E-state index contributed by atoms with van der Waals surface area (Å²) < 4.78 is 39.1. The molecule has 4 rings (SSSR count). The molecule has 1 aliphatic heterocycles. The van der Waals surface area contributed by atoms with Crippen LogP contribution in [0.3, 0.4) is 0 Å². The summed E-state index contributed by atoms with van der Waals surface area (Å²) in [6.45, 7) is 7.64. The van der Waals surface area contributed by atoms with Crippen LogP contribution in [-0.4, -0.2) is 40.4 Å². The molecular formula is C30H32N2O6S. The lowest BCUT2D eigenvalue weighted by Crippen LogP contribution is -2.25. The standard InChI is InChI=1S/C30H32N2O6S/c1-6-37-23-14-12-21(13-15-23)31-39(35,36)24-16-11-20(2)25(18-24)29(34)38-19-22(33)17-28-30(3,4)26-9-7-8-10-27(26)32(28)5/h7-18,31H,6,19H2,1-5H3. The number of aryl methyl sites for hydroxylation is 1. The highest BCUT2D eigenvalue weighted by Crippen LogP contribution is 2.46. The van der Waals surface area contributed by atoms with Crippen LogP contribution in [0.15, 0.2) is 83.4 Å². The van der Waals surface area contributed by atoms with E-state index in [0.29, 0.717) is 23.6 Å². The van der Waals surface area contributed by atoms with Crippen molar-refractivity contribution in [3.8, 4) is 5.75 Å². The van der Waals surface area contributed by atoms with Crippen molar-refractivity contribution >= 4 is 33.2 Å². The van der Waals surface area contributed by atoms with Crippen LogP contribution in [0.5, 0.6) is 5.75 Å². The Labute approximate surface area is 229 Å². The summed E-state index contributed by atoms with van der Waals surface area (Å²) >= 11 is 0. The van der Waals surface area contributed by atoms with Gasteiger partial charge in [-0.05, 0) is 67.4 Å². The molecule has 204 valence electrons. The Kier molecular flexibility index (Phi) is 7.83. The van der Waals surface area contributed by atoms with E-state index in [1.807, 2.05) is 57.0 Å². The van der Waals surface area contributed by atoms with Gasteiger partial charge in [0.25, 0.3) is 10.0 Å². The Morgan fingerprint density at radius 3 is 2.38 bits per heavy atom. The van der Waals surface area contributed by atoms with Gasteiger partial charge in [-0.3, -0.25) is 9.52 Å². The largest absolute Gasteiger partial charge is 0.494 e. The normalized spacial score (nSPS) is 15.1. The number of allylic oxidation sites excluding steroid dienone is 1. The van der Waals surface area contributed by atoms with Crippen molar-refractivity contribution in [1.82, 2.24) is 0 Å². The van der Waals surface area contributed by atoms with Gasteiger partial charge in [0.05, 0.1) is 17.1 Å². The predicted molar refractivity (Wildman–Crippen MR) is 151 cm³/mol. The number of nitrogens with zero attached hydrogens (tertiary/aromatic N) is 1. The molecule has 1 heterocycles. The second-order valence-corrected chi connectivity index (χ2v) is 11.5. The Morgan fingerprint density at radius 2 is 1.72 bits per heavy atom. The first-order valence-electron chi connectivity index (χ1n) is 12.6. The average molecular weight is 549 g/mol. The highest BCUT2D eigenvalue weighted by Gasteiger charge is 2.38. The Morgan fingerprint density at radius 1 is 1.03 bits per heavy atom. The number of nitrogens with one attached hydrogen (secondary N) is 1. The molecule has 0 aliphatic carbocycles. The van der Waals surface area contributed by atoms with Crippen LogP contribution in [0.1, 0.15) is 42.3 Å². The van der Waals surface area contributed by atoms with E-state index >= 15 is 0 Å². The fraction of sp³-hybridized carbons (Fsp3) is 0.267. The molecule has 0 aromatic heterocycles. The molecule has 9 heteroatoms. The van der Waals surface area contributed by atoms with E-state index in [1.54, 1.807) is 31.2 Å². The SMILES string of the molecule is CCOc1ccc(NS(=O)(=O)c2ccc(C)c(C(=O)OCC(=O)C=C3N(C)c4ccccc4C3(C)C)c2)cc1. The minimum absolute atomic E-state index is 0.0655. The lowest BCUT2D eigenvalue weighted by molar-refractivity contribution is -0.117. The van der Waals surface area contributed by atoms with Gasteiger partial charge in [-0.25, -0.2) is 13.2 Å². The molecule has 3 aromatic carbocycles. The van der Waals surface area contributed by atoms with Gasteiger partial charge in [-0.2, -0.15) is 0 Å². The zero-order valence-electron chi connectivity index (χ0n) is 22.6. The van der Waals surface area contributed by atoms with Crippen molar-refractivity contribution in [2.75, 3.05) is 29.9 Å². The molecule has 0 bridgehead atoms. The number of benzene rings is 3. The molecule has 0 unspecified atom stereocenters. The lowest BCUT2D eigenvalue weighted by atomic mass is 9.83. The number of fused-ring (bicyclic) bond motifs is 1. The maximum absolute atomic E-state index is 13.0. The van der Waals surface area contributed by atoms with Gasteiger partial charge in [-0.1, -0.05) is 38.1 Å². The summed E-state index contributed by atoms with van der Waals surface area (Å²) in [5.74, 6) is -0.525. The topological polar surface area (TPSA) is 102 Å². The summed E-state index contributed by atoms with van der Waals surface area (Å²) in [5.41, 5.74) is 3.48. The molecule has 0 spiro atoms. The van der Waals surface area contributed by atoms with Crippen molar-refractivity contribution < 1.29 is 27.5 Å². The van der Waals surface area contributed by atoms with Gasteiger partial charge < -0.3 is 14.4 Å². The minimum atomic E-state index is -3.98. The third-order valence-electron chi connectivity index (χ3n) is 6.74. The molecule has 39 heavy (non-hydrogen) atoms. The Hall–Kier alpha value is -4.11. The Balaban J connectivity index is 1.46. The van der Waals surface area contributed by atoms with Crippen LogP contribution < -0.4 is 14.4 Å². The molecule has 0 atom stereocenters. The molecule has 0 saturated heterocycles. The van der Waals surface area contributed by atoms with E-state index in [2.05, 4.69) is 4.72 Å². The number of carbonyl (C=O) groups is 2. The summed E-state index contributed by atoms with van der Waals surface area (Å²) in [6.07, 6.45) is 1.50. The van der Waals surface area contributed by atoms with Crippen LogP contribution in [-0.2, 0) is 25.0 Å². The van der Waals surface area contributed by atoms with E-state index in [0.717, 1.165) is 16.9 Å². The maximum Gasteiger partial charge on any atom is 0.338 e. The van der Waals surface area contributed by atoms with Crippen molar-refractivity contribution in [2.45, 2.75) is 38.0 Å². The van der Waals surface area contributed by atoms with E-state index < -0.39 is 22.6 Å². The van der Waals surface area contributed by atoms with Crippen LogP contribution >= 0.6 is 0 Å². The first kappa shape index (κ1) is 27.9. The van der Waals surface area contributed by atoms with Gasteiger partial charge in [0, 0.05) is 35.6 Å². The number of ether oxygens (including phenoxy) is 2. The number of ketones is 1. The summed E-state index contributed by atoms with van der Waals surface area (Å²) in [7, 11) is -2.09. The van der Waals surface area contributed by atoms with Gasteiger partial charge in [-0.15, -0.1) is 0 Å². The van der Waals surface area contributed by atoms with Crippen LogP contribution in [0.25, 0.3) is 0 Å². The average Bonchev–Trinajstić information content (AvgIpc) is 3.09. The van der Waals surface area contributed by atoms with Gasteiger partial charge >= 0.3 is 5.97 Å². The van der Waals surface area contributed by atoms with E-state index in [4.69, 9.17) is 9.47 Å². The number of sulfonamides is 1. The second kappa shape index (κ2) is 10.9. The maximum atomic E-state index is 13.0. The number of likely N-dealkylation sites (N-methyl/N-ethyl adjacent to an activating group) is 1. The predicted octanol–water partition coefficient (Wildman–Crippen LogP) is 5.23. The zero-order valence-corrected chi connectivity index (χ0v) is 23.5. The van der Waals surface area contributed by atoms with Crippen molar-refractivity contribution in [1.29, 1.82) is 0 Å². The monoisotopic (exact) mass is 548 g/mol. The van der Waals surface area contributed by atoms with E-state index in [-0.39, 0.29) is 21.7 Å². The number of carbonyl (C=O) groups excluding carboxylic acids is 2. The molecule has 1 aliphatic rings. The smallest absolute Gasteiger partial charge is 0.338 e. The number of para-hydroxylation sites is 1. The number of rotatable bonds is 9. The second-order valence-electron chi connectivity index (χ2n) is 9.81. The van der Waals surface area contributed by atoms with Gasteiger partial charge in [0.15, 0.2) is 12.4 Å². The molecule has 0 fully saturated rings. The first-order valence-corrected chi connectivity index (χ1v) is 14.0. The Bertz CT molecular complexity index is 1540. The molecule has 8 nitrogen and oxygen atoms in total. The quantitative estimate of drug-likeness (QED) is 0.289. The van der Waals surface area contributed by atoms with Crippen LogP contribution in [0.4, 0.5) is 11.4 Å². The molecule has 0 saturated carbocycles. The molecule has 0 radical (unpaired) electrons. The van der Waals surface area contributed by atoms with Gasteiger partial charge in [0.1, 0.15) is 5.75 Å². The first-order chi connectivity index (χ1) is 18.4. The fourth-order valence-corrected chi connectivity index (χ4v) is 5.74.